The number of rotatable bonds is 6. The van der Waals surface area contributed by atoms with Gasteiger partial charge in [0.05, 0.1) is 0 Å². The van der Waals surface area contributed by atoms with Gasteiger partial charge >= 0.3 is 0 Å². The largest absolute Gasteiger partial charge is 0.354 e. The second-order valence-corrected chi connectivity index (χ2v) is 5.75. The van der Waals surface area contributed by atoms with Gasteiger partial charge in [-0.1, -0.05) is 27.7 Å². The molecule has 0 bridgehead atoms. The standard InChI is InChI=1S/C14H26N2/c1-5-9-16-10-6-13(12-16)11-15-8-7-14(2,3)4/h6,10,12,15H,5,7-9,11H2,1-4H3. The minimum atomic E-state index is 0.432. The molecule has 1 aromatic rings. The first-order valence-corrected chi connectivity index (χ1v) is 6.36. The topological polar surface area (TPSA) is 17.0 Å². The zero-order valence-corrected chi connectivity index (χ0v) is 11.2. The van der Waals surface area contributed by atoms with Gasteiger partial charge in [0.2, 0.25) is 0 Å². The zero-order valence-electron chi connectivity index (χ0n) is 11.2. The molecule has 16 heavy (non-hydrogen) atoms. The van der Waals surface area contributed by atoms with E-state index in [0.717, 1.165) is 19.6 Å². The second kappa shape index (κ2) is 6.09. The molecule has 1 rings (SSSR count). The predicted molar refractivity (Wildman–Crippen MR) is 70.5 cm³/mol. The maximum Gasteiger partial charge on any atom is 0.0220 e. The van der Waals surface area contributed by atoms with Gasteiger partial charge in [-0.2, -0.15) is 0 Å². The van der Waals surface area contributed by atoms with Crippen LogP contribution in [-0.2, 0) is 13.1 Å². The van der Waals surface area contributed by atoms with Crippen LogP contribution in [0.15, 0.2) is 18.5 Å². The van der Waals surface area contributed by atoms with Gasteiger partial charge in [-0.05, 0) is 36.4 Å². The van der Waals surface area contributed by atoms with Crippen molar-refractivity contribution in [2.24, 2.45) is 5.41 Å². The zero-order chi connectivity index (χ0) is 12.0. The van der Waals surface area contributed by atoms with Crippen molar-refractivity contribution in [1.29, 1.82) is 0 Å². The molecule has 0 saturated heterocycles. The highest BCUT2D eigenvalue weighted by molar-refractivity contribution is 5.09. The summed E-state index contributed by atoms with van der Waals surface area (Å²) in [5.41, 5.74) is 1.82. The number of hydrogen-bond donors (Lipinski definition) is 1. The number of aryl methyl sites for hydroxylation is 1. The van der Waals surface area contributed by atoms with Crippen LogP contribution in [0.2, 0.25) is 0 Å². The Bertz CT molecular complexity index is 294. The maximum atomic E-state index is 3.50. The lowest BCUT2D eigenvalue weighted by Gasteiger charge is -2.17. The van der Waals surface area contributed by atoms with E-state index in [2.05, 4.69) is 56.0 Å². The van der Waals surface area contributed by atoms with Gasteiger partial charge in [0.1, 0.15) is 0 Å². The van der Waals surface area contributed by atoms with Crippen molar-refractivity contribution >= 4 is 0 Å². The first-order chi connectivity index (χ1) is 7.51. The second-order valence-electron chi connectivity index (χ2n) is 5.75. The van der Waals surface area contributed by atoms with Crippen molar-refractivity contribution in [3.05, 3.63) is 24.0 Å². The molecule has 0 unspecified atom stereocenters. The van der Waals surface area contributed by atoms with Crippen molar-refractivity contribution in [1.82, 2.24) is 9.88 Å². The summed E-state index contributed by atoms with van der Waals surface area (Å²) in [7, 11) is 0. The summed E-state index contributed by atoms with van der Waals surface area (Å²) in [6.07, 6.45) is 6.84. The molecule has 1 N–H and O–H groups in total. The van der Waals surface area contributed by atoms with Gasteiger partial charge in [-0.25, -0.2) is 0 Å². The van der Waals surface area contributed by atoms with E-state index in [0.29, 0.717) is 5.41 Å². The third-order valence-electron chi connectivity index (χ3n) is 2.67. The van der Waals surface area contributed by atoms with Crippen LogP contribution in [-0.4, -0.2) is 11.1 Å². The van der Waals surface area contributed by atoms with Crippen LogP contribution in [0.25, 0.3) is 0 Å². The average molecular weight is 222 g/mol. The molecule has 1 aromatic heterocycles. The molecule has 0 fully saturated rings. The van der Waals surface area contributed by atoms with Crippen LogP contribution in [0.4, 0.5) is 0 Å². The third kappa shape index (κ3) is 5.36. The molecular formula is C14H26N2. The lowest BCUT2D eigenvalue weighted by Crippen LogP contribution is -2.19. The average Bonchev–Trinajstić information content (AvgIpc) is 2.60. The summed E-state index contributed by atoms with van der Waals surface area (Å²) in [4.78, 5) is 0. The van der Waals surface area contributed by atoms with Gasteiger partial charge < -0.3 is 9.88 Å². The summed E-state index contributed by atoms with van der Waals surface area (Å²) in [6.45, 7) is 12.3. The first-order valence-electron chi connectivity index (χ1n) is 6.36. The molecule has 0 saturated carbocycles. The number of nitrogens with one attached hydrogen (secondary N) is 1. The molecule has 2 nitrogen and oxygen atoms in total. The summed E-state index contributed by atoms with van der Waals surface area (Å²) in [5, 5.41) is 3.50. The van der Waals surface area contributed by atoms with Gasteiger partial charge in [-0.15, -0.1) is 0 Å². The molecule has 92 valence electrons. The van der Waals surface area contributed by atoms with E-state index in [4.69, 9.17) is 0 Å². The molecule has 2 heteroatoms. The summed E-state index contributed by atoms with van der Waals surface area (Å²) < 4.78 is 2.26. The van der Waals surface area contributed by atoms with E-state index in [1.54, 1.807) is 0 Å². The summed E-state index contributed by atoms with van der Waals surface area (Å²) >= 11 is 0. The number of nitrogens with zero attached hydrogens (tertiary/aromatic N) is 1. The summed E-state index contributed by atoms with van der Waals surface area (Å²) in [5.74, 6) is 0. The minimum absolute atomic E-state index is 0.432. The Balaban J connectivity index is 2.21. The maximum absolute atomic E-state index is 3.50. The van der Waals surface area contributed by atoms with Crippen molar-refractivity contribution in [3.63, 3.8) is 0 Å². The highest BCUT2D eigenvalue weighted by atomic mass is 14.9. The van der Waals surface area contributed by atoms with Crippen LogP contribution < -0.4 is 5.32 Å². The van der Waals surface area contributed by atoms with Gasteiger partial charge in [0, 0.05) is 25.5 Å². The summed E-state index contributed by atoms with van der Waals surface area (Å²) in [6, 6.07) is 2.21. The van der Waals surface area contributed by atoms with Gasteiger partial charge in [-0.3, -0.25) is 0 Å². The third-order valence-corrected chi connectivity index (χ3v) is 2.67. The molecule has 0 aliphatic carbocycles. The molecule has 0 aromatic carbocycles. The van der Waals surface area contributed by atoms with Crippen LogP contribution in [0.3, 0.4) is 0 Å². The Labute approximate surface area is 100 Å². The fraction of sp³-hybridized carbons (Fsp3) is 0.714. The van der Waals surface area contributed by atoms with E-state index >= 15 is 0 Å². The Morgan fingerprint density at radius 3 is 2.69 bits per heavy atom. The molecule has 0 amide bonds. The molecule has 1 heterocycles. The van der Waals surface area contributed by atoms with E-state index in [1.165, 1.54) is 18.4 Å². The quantitative estimate of drug-likeness (QED) is 0.730. The van der Waals surface area contributed by atoms with Gasteiger partial charge in [0.25, 0.3) is 0 Å². The normalized spacial score (nSPS) is 12.0. The van der Waals surface area contributed by atoms with Crippen molar-refractivity contribution in [3.8, 4) is 0 Å². The first kappa shape index (κ1) is 13.3. The highest BCUT2D eigenvalue weighted by Gasteiger charge is 2.08. The van der Waals surface area contributed by atoms with E-state index in [9.17, 15) is 0 Å². The molecule has 0 aliphatic rings. The minimum Gasteiger partial charge on any atom is -0.354 e. The van der Waals surface area contributed by atoms with Crippen LogP contribution >= 0.6 is 0 Å². The Kier molecular flexibility index (Phi) is 5.07. The predicted octanol–water partition coefficient (Wildman–Crippen LogP) is 3.42. The molecular weight excluding hydrogens is 196 g/mol. The molecule has 0 radical (unpaired) electrons. The fourth-order valence-corrected chi connectivity index (χ4v) is 1.69. The number of aromatic nitrogens is 1. The molecule has 0 atom stereocenters. The monoisotopic (exact) mass is 222 g/mol. The highest BCUT2D eigenvalue weighted by Crippen LogP contribution is 2.17. The SMILES string of the molecule is CCCn1ccc(CNCCC(C)(C)C)c1. The Morgan fingerprint density at radius 1 is 1.31 bits per heavy atom. The smallest absolute Gasteiger partial charge is 0.0220 e. The number of hydrogen-bond acceptors (Lipinski definition) is 1. The fourth-order valence-electron chi connectivity index (χ4n) is 1.69. The van der Waals surface area contributed by atoms with Gasteiger partial charge in [0.15, 0.2) is 0 Å². The van der Waals surface area contributed by atoms with Crippen molar-refractivity contribution < 1.29 is 0 Å². The van der Waals surface area contributed by atoms with Crippen LogP contribution in [0.1, 0.15) is 46.1 Å². The van der Waals surface area contributed by atoms with Crippen LogP contribution in [0, 0.1) is 5.41 Å². The molecule has 0 spiro atoms. The molecule has 0 aliphatic heterocycles. The Morgan fingerprint density at radius 2 is 2.06 bits per heavy atom. The van der Waals surface area contributed by atoms with Crippen molar-refractivity contribution in [2.75, 3.05) is 6.54 Å². The van der Waals surface area contributed by atoms with E-state index in [1.807, 2.05) is 0 Å². The van der Waals surface area contributed by atoms with E-state index < -0.39 is 0 Å². The Hall–Kier alpha value is -0.760. The lowest BCUT2D eigenvalue weighted by atomic mass is 9.92. The van der Waals surface area contributed by atoms with Crippen molar-refractivity contribution in [2.45, 2.75) is 53.6 Å². The lowest BCUT2D eigenvalue weighted by molar-refractivity contribution is 0.366. The van der Waals surface area contributed by atoms with E-state index in [-0.39, 0.29) is 0 Å². The van der Waals surface area contributed by atoms with Crippen LogP contribution in [0.5, 0.6) is 0 Å².